The van der Waals surface area contributed by atoms with Crippen molar-refractivity contribution in [3.05, 3.63) is 23.5 Å². The van der Waals surface area contributed by atoms with E-state index in [2.05, 4.69) is 4.98 Å². The third kappa shape index (κ3) is 1.98. The lowest BCUT2D eigenvalue weighted by Gasteiger charge is -2.32. The van der Waals surface area contributed by atoms with Crippen LogP contribution in [-0.2, 0) is 6.54 Å². The number of rotatable bonds is 2. The van der Waals surface area contributed by atoms with Crippen LogP contribution in [0.4, 0.5) is 10.5 Å². The molecule has 2 amide bonds. The van der Waals surface area contributed by atoms with Gasteiger partial charge < -0.3 is 10.0 Å². The summed E-state index contributed by atoms with van der Waals surface area (Å²) in [5, 5.41) is 9.76. The van der Waals surface area contributed by atoms with E-state index in [0.29, 0.717) is 18.7 Å². The lowest BCUT2D eigenvalue weighted by molar-refractivity contribution is 0.168. The minimum atomic E-state index is -0.534. The second-order valence-electron chi connectivity index (χ2n) is 4.36. The van der Waals surface area contributed by atoms with Gasteiger partial charge in [-0.15, -0.1) is 0 Å². The Morgan fingerprint density at radius 1 is 1.53 bits per heavy atom. The van der Waals surface area contributed by atoms with Gasteiger partial charge in [0.25, 0.3) is 0 Å². The van der Waals surface area contributed by atoms with Gasteiger partial charge in [0, 0.05) is 20.6 Å². The van der Waals surface area contributed by atoms with Gasteiger partial charge in [-0.1, -0.05) is 6.92 Å². The largest absolute Gasteiger partial charge is 0.387 e. The first kappa shape index (κ1) is 11.9. The molecule has 2 rings (SSSR count). The highest BCUT2D eigenvalue weighted by Crippen LogP contribution is 2.28. The number of aliphatic hydroxyl groups excluding tert-OH is 1. The molecule has 1 aromatic heterocycles. The van der Waals surface area contributed by atoms with E-state index in [1.54, 1.807) is 30.1 Å². The number of pyridine rings is 1. The number of aromatic nitrogens is 1. The molecule has 0 aromatic carbocycles. The smallest absolute Gasteiger partial charge is 0.324 e. The van der Waals surface area contributed by atoms with Gasteiger partial charge in [0.2, 0.25) is 0 Å². The fraction of sp³-hybridized carbons (Fsp3) is 0.500. The summed E-state index contributed by atoms with van der Waals surface area (Å²) in [7, 11) is 3.49. The van der Waals surface area contributed by atoms with Crippen molar-refractivity contribution in [3.63, 3.8) is 0 Å². The maximum Gasteiger partial charge on any atom is 0.324 e. The van der Waals surface area contributed by atoms with Crippen LogP contribution in [0.25, 0.3) is 0 Å². The standard InChI is InChI=1S/C12H17N3O2/c1-4-11(16)9-5-8-7-14(2)12(17)15(3)10(8)6-13-9/h5-6,11,16H,4,7H2,1-3H3. The molecule has 5 nitrogen and oxygen atoms in total. The van der Waals surface area contributed by atoms with Crippen LogP contribution < -0.4 is 4.90 Å². The van der Waals surface area contributed by atoms with Crippen molar-refractivity contribution in [1.82, 2.24) is 9.88 Å². The number of anilines is 1. The fourth-order valence-corrected chi connectivity index (χ4v) is 2.01. The Labute approximate surface area is 101 Å². The highest BCUT2D eigenvalue weighted by molar-refractivity contribution is 5.93. The minimum absolute atomic E-state index is 0.0388. The molecule has 0 saturated heterocycles. The monoisotopic (exact) mass is 235 g/mol. The average Bonchev–Trinajstić information content (AvgIpc) is 2.34. The highest BCUT2D eigenvalue weighted by Gasteiger charge is 2.26. The van der Waals surface area contributed by atoms with Gasteiger partial charge in [0.1, 0.15) is 0 Å². The second-order valence-corrected chi connectivity index (χ2v) is 4.36. The van der Waals surface area contributed by atoms with Gasteiger partial charge in [-0.3, -0.25) is 9.88 Å². The van der Waals surface area contributed by atoms with Crippen LogP contribution >= 0.6 is 0 Å². The van der Waals surface area contributed by atoms with Crippen LogP contribution in [0.1, 0.15) is 30.7 Å². The number of nitrogens with zero attached hydrogens (tertiary/aromatic N) is 3. The topological polar surface area (TPSA) is 56.7 Å². The van der Waals surface area contributed by atoms with Gasteiger partial charge in [0.15, 0.2) is 0 Å². The summed E-state index contributed by atoms with van der Waals surface area (Å²) in [6.45, 7) is 2.47. The number of amides is 2. The van der Waals surface area contributed by atoms with E-state index in [1.165, 1.54) is 0 Å². The minimum Gasteiger partial charge on any atom is -0.387 e. The Morgan fingerprint density at radius 2 is 2.24 bits per heavy atom. The lowest BCUT2D eigenvalue weighted by atomic mass is 10.1. The van der Waals surface area contributed by atoms with Crippen molar-refractivity contribution < 1.29 is 9.90 Å². The molecule has 1 aliphatic rings. The van der Waals surface area contributed by atoms with Crippen molar-refractivity contribution in [1.29, 1.82) is 0 Å². The van der Waals surface area contributed by atoms with E-state index in [1.807, 2.05) is 13.0 Å². The summed E-state index contributed by atoms with van der Waals surface area (Å²) in [5.74, 6) is 0. The summed E-state index contributed by atoms with van der Waals surface area (Å²) in [4.78, 5) is 19.2. The van der Waals surface area contributed by atoms with Crippen molar-refractivity contribution in [2.75, 3.05) is 19.0 Å². The predicted molar refractivity (Wildman–Crippen MR) is 64.8 cm³/mol. The molecular weight excluding hydrogens is 218 g/mol. The zero-order valence-corrected chi connectivity index (χ0v) is 10.3. The number of carbonyl (C=O) groups excluding carboxylic acids is 1. The van der Waals surface area contributed by atoms with Gasteiger partial charge in [-0.05, 0) is 18.1 Å². The van der Waals surface area contributed by atoms with Crippen LogP contribution in [0.2, 0.25) is 0 Å². The molecule has 5 heteroatoms. The van der Waals surface area contributed by atoms with E-state index in [-0.39, 0.29) is 6.03 Å². The molecule has 2 heterocycles. The van der Waals surface area contributed by atoms with E-state index in [0.717, 1.165) is 11.3 Å². The van der Waals surface area contributed by atoms with Gasteiger partial charge in [-0.25, -0.2) is 4.79 Å². The molecule has 0 fully saturated rings. The maximum atomic E-state index is 11.7. The van der Waals surface area contributed by atoms with Crippen LogP contribution in [0, 0.1) is 0 Å². The van der Waals surface area contributed by atoms with E-state index in [9.17, 15) is 9.90 Å². The van der Waals surface area contributed by atoms with E-state index >= 15 is 0 Å². The summed E-state index contributed by atoms with van der Waals surface area (Å²) >= 11 is 0. The summed E-state index contributed by atoms with van der Waals surface area (Å²) in [6.07, 6.45) is 1.76. The Balaban J connectivity index is 2.40. The first-order valence-electron chi connectivity index (χ1n) is 5.70. The zero-order valence-electron chi connectivity index (χ0n) is 10.3. The molecule has 1 unspecified atom stereocenters. The molecule has 0 aliphatic carbocycles. The molecule has 0 radical (unpaired) electrons. The lowest BCUT2D eigenvalue weighted by Crippen LogP contribution is -2.43. The quantitative estimate of drug-likeness (QED) is 0.845. The maximum absolute atomic E-state index is 11.7. The van der Waals surface area contributed by atoms with Crippen LogP contribution in [0.5, 0.6) is 0 Å². The Hall–Kier alpha value is -1.62. The molecular formula is C12H17N3O2. The summed E-state index contributed by atoms with van der Waals surface area (Å²) < 4.78 is 0. The predicted octanol–water partition coefficient (Wildman–Crippen LogP) is 1.53. The summed E-state index contributed by atoms with van der Waals surface area (Å²) in [6, 6.07) is 1.84. The highest BCUT2D eigenvalue weighted by atomic mass is 16.3. The number of hydrogen-bond donors (Lipinski definition) is 1. The average molecular weight is 235 g/mol. The molecule has 0 bridgehead atoms. The van der Waals surface area contributed by atoms with E-state index in [4.69, 9.17) is 0 Å². The van der Waals surface area contributed by atoms with Crippen LogP contribution in [0.3, 0.4) is 0 Å². The molecule has 1 atom stereocenters. The van der Waals surface area contributed by atoms with Gasteiger partial charge >= 0.3 is 6.03 Å². The number of urea groups is 1. The Bertz CT molecular complexity index is 447. The number of carbonyl (C=O) groups is 1. The van der Waals surface area contributed by atoms with Gasteiger partial charge in [-0.2, -0.15) is 0 Å². The van der Waals surface area contributed by atoms with Crippen molar-refractivity contribution >= 4 is 11.7 Å². The van der Waals surface area contributed by atoms with Crippen molar-refractivity contribution in [3.8, 4) is 0 Å². The molecule has 92 valence electrons. The molecule has 1 N–H and O–H groups in total. The molecule has 0 spiro atoms. The molecule has 0 saturated carbocycles. The number of hydrogen-bond acceptors (Lipinski definition) is 3. The Kier molecular flexibility index (Phi) is 3.02. The number of fused-ring (bicyclic) bond motifs is 1. The van der Waals surface area contributed by atoms with Gasteiger partial charge in [0.05, 0.1) is 23.7 Å². The number of aliphatic hydroxyl groups is 1. The van der Waals surface area contributed by atoms with Crippen molar-refractivity contribution in [2.24, 2.45) is 0 Å². The first-order valence-corrected chi connectivity index (χ1v) is 5.70. The Morgan fingerprint density at radius 3 is 2.88 bits per heavy atom. The SMILES string of the molecule is CCC(O)c1cc2c(cn1)N(C)C(=O)N(C)C2. The zero-order chi connectivity index (χ0) is 12.6. The van der Waals surface area contributed by atoms with Crippen LogP contribution in [-0.4, -0.2) is 35.1 Å². The third-order valence-corrected chi connectivity index (χ3v) is 3.10. The summed E-state index contributed by atoms with van der Waals surface area (Å²) in [5.41, 5.74) is 2.51. The molecule has 1 aromatic rings. The van der Waals surface area contributed by atoms with E-state index < -0.39 is 6.10 Å². The third-order valence-electron chi connectivity index (χ3n) is 3.10. The molecule has 1 aliphatic heterocycles. The fourth-order valence-electron chi connectivity index (χ4n) is 2.01. The second kappa shape index (κ2) is 4.33. The molecule has 17 heavy (non-hydrogen) atoms. The normalized spacial score (nSPS) is 17.1. The van der Waals surface area contributed by atoms with Crippen LogP contribution in [0.15, 0.2) is 12.3 Å². The first-order chi connectivity index (χ1) is 8.04. The van der Waals surface area contributed by atoms with Crippen molar-refractivity contribution in [2.45, 2.75) is 26.0 Å².